The third-order valence-electron chi connectivity index (χ3n) is 4.34. The Morgan fingerprint density at radius 2 is 1.83 bits per heavy atom. The van der Waals surface area contributed by atoms with Crippen LogP contribution in [0.25, 0.3) is 0 Å². The van der Waals surface area contributed by atoms with E-state index in [-0.39, 0.29) is 0 Å². The van der Waals surface area contributed by atoms with Crippen molar-refractivity contribution >= 4 is 0 Å². The maximum Gasteiger partial charge on any atom is 0.0722 e. The first kappa shape index (κ1) is 13.6. The lowest BCUT2D eigenvalue weighted by atomic mass is 9.97. The van der Waals surface area contributed by atoms with Crippen LogP contribution < -0.4 is 5.73 Å². The van der Waals surface area contributed by atoms with Crippen LogP contribution in [0, 0.1) is 25.7 Å². The number of hydrogen-bond acceptors (Lipinski definition) is 2. The molecular formula is C16H25NO. The largest absolute Gasteiger partial charge is 0.376 e. The van der Waals surface area contributed by atoms with E-state index >= 15 is 0 Å². The molecule has 0 aliphatic heterocycles. The van der Waals surface area contributed by atoms with Crippen molar-refractivity contribution in [3.63, 3.8) is 0 Å². The second-order valence-electron chi connectivity index (χ2n) is 5.57. The van der Waals surface area contributed by atoms with Gasteiger partial charge in [0.1, 0.15) is 0 Å². The summed E-state index contributed by atoms with van der Waals surface area (Å²) in [6.45, 7) is 6.74. The lowest BCUT2D eigenvalue weighted by Gasteiger charge is -2.18. The molecule has 2 unspecified atom stereocenters. The zero-order valence-corrected chi connectivity index (χ0v) is 11.6. The average molecular weight is 247 g/mol. The van der Waals surface area contributed by atoms with E-state index in [0.717, 1.165) is 19.8 Å². The standard InChI is InChI=1S/C16H25NO/c1-12-5-3-6-13(2)16(12)11-18-10-15-8-4-7-14(15)9-17/h3,5-6,14-15H,4,7-11,17H2,1-2H3. The van der Waals surface area contributed by atoms with E-state index in [2.05, 4.69) is 32.0 Å². The molecule has 0 saturated heterocycles. The molecule has 0 bridgehead atoms. The van der Waals surface area contributed by atoms with Crippen LogP contribution in [0.2, 0.25) is 0 Å². The molecule has 2 N–H and O–H groups in total. The lowest BCUT2D eigenvalue weighted by molar-refractivity contribution is 0.0748. The van der Waals surface area contributed by atoms with Crippen LogP contribution in [-0.2, 0) is 11.3 Å². The fourth-order valence-electron chi connectivity index (χ4n) is 3.03. The summed E-state index contributed by atoms with van der Waals surface area (Å²) in [5.41, 5.74) is 9.81. The highest BCUT2D eigenvalue weighted by atomic mass is 16.5. The minimum absolute atomic E-state index is 0.680. The second-order valence-corrected chi connectivity index (χ2v) is 5.57. The summed E-state index contributed by atoms with van der Waals surface area (Å²) in [5, 5.41) is 0. The van der Waals surface area contributed by atoms with Gasteiger partial charge in [-0.05, 0) is 61.8 Å². The van der Waals surface area contributed by atoms with Gasteiger partial charge in [-0.25, -0.2) is 0 Å². The van der Waals surface area contributed by atoms with Crippen LogP contribution in [0.5, 0.6) is 0 Å². The molecule has 0 spiro atoms. The summed E-state index contributed by atoms with van der Waals surface area (Å²) in [7, 11) is 0. The van der Waals surface area contributed by atoms with E-state index in [1.165, 1.54) is 36.0 Å². The Kier molecular flexibility index (Phi) is 4.79. The zero-order valence-electron chi connectivity index (χ0n) is 11.6. The number of hydrogen-bond donors (Lipinski definition) is 1. The molecule has 18 heavy (non-hydrogen) atoms. The Labute approximate surface area is 111 Å². The van der Waals surface area contributed by atoms with Gasteiger partial charge < -0.3 is 10.5 Å². The quantitative estimate of drug-likeness (QED) is 0.867. The first-order valence-electron chi connectivity index (χ1n) is 7.05. The molecule has 2 heteroatoms. The van der Waals surface area contributed by atoms with Crippen molar-refractivity contribution in [2.45, 2.75) is 39.7 Å². The summed E-state index contributed by atoms with van der Waals surface area (Å²) >= 11 is 0. The molecule has 2 nitrogen and oxygen atoms in total. The van der Waals surface area contributed by atoms with E-state index in [4.69, 9.17) is 10.5 Å². The van der Waals surface area contributed by atoms with Crippen molar-refractivity contribution in [2.24, 2.45) is 17.6 Å². The van der Waals surface area contributed by atoms with Crippen molar-refractivity contribution in [3.05, 3.63) is 34.9 Å². The molecular weight excluding hydrogens is 222 g/mol. The van der Waals surface area contributed by atoms with E-state index in [1.54, 1.807) is 0 Å². The molecule has 1 fully saturated rings. The minimum Gasteiger partial charge on any atom is -0.376 e. The van der Waals surface area contributed by atoms with Gasteiger partial charge in [-0.1, -0.05) is 24.6 Å². The van der Waals surface area contributed by atoms with Gasteiger partial charge in [0.25, 0.3) is 0 Å². The highest BCUT2D eigenvalue weighted by Gasteiger charge is 2.25. The van der Waals surface area contributed by atoms with Gasteiger partial charge in [-0.3, -0.25) is 0 Å². The van der Waals surface area contributed by atoms with E-state index in [0.29, 0.717) is 11.8 Å². The van der Waals surface area contributed by atoms with E-state index in [9.17, 15) is 0 Å². The summed E-state index contributed by atoms with van der Waals surface area (Å²) < 4.78 is 5.94. The number of ether oxygens (including phenoxy) is 1. The monoisotopic (exact) mass is 247 g/mol. The topological polar surface area (TPSA) is 35.2 Å². The van der Waals surface area contributed by atoms with Gasteiger partial charge in [0.2, 0.25) is 0 Å². The molecule has 0 radical (unpaired) electrons. The average Bonchev–Trinajstić information content (AvgIpc) is 2.80. The van der Waals surface area contributed by atoms with E-state index < -0.39 is 0 Å². The summed E-state index contributed by atoms with van der Waals surface area (Å²) in [6.07, 6.45) is 3.89. The first-order chi connectivity index (χ1) is 8.72. The number of nitrogens with two attached hydrogens (primary N) is 1. The SMILES string of the molecule is Cc1cccc(C)c1COCC1CCCC1CN. The highest BCUT2D eigenvalue weighted by Crippen LogP contribution is 2.31. The molecule has 1 aromatic carbocycles. The summed E-state index contributed by atoms with van der Waals surface area (Å²) in [5.74, 6) is 1.36. The molecule has 1 aromatic rings. The zero-order chi connectivity index (χ0) is 13.0. The third-order valence-corrected chi connectivity index (χ3v) is 4.34. The van der Waals surface area contributed by atoms with Gasteiger partial charge in [-0.15, -0.1) is 0 Å². The van der Waals surface area contributed by atoms with Gasteiger partial charge in [0.15, 0.2) is 0 Å². The number of aryl methyl sites for hydroxylation is 2. The minimum atomic E-state index is 0.680. The Bertz CT molecular complexity index is 368. The molecule has 2 rings (SSSR count). The van der Waals surface area contributed by atoms with Crippen LogP contribution in [0.4, 0.5) is 0 Å². The molecule has 0 amide bonds. The first-order valence-corrected chi connectivity index (χ1v) is 7.05. The van der Waals surface area contributed by atoms with Crippen molar-refractivity contribution < 1.29 is 4.74 Å². The van der Waals surface area contributed by atoms with Crippen LogP contribution in [0.3, 0.4) is 0 Å². The summed E-state index contributed by atoms with van der Waals surface area (Å²) in [6, 6.07) is 6.42. The van der Waals surface area contributed by atoms with Crippen LogP contribution in [-0.4, -0.2) is 13.2 Å². The van der Waals surface area contributed by atoms with Gasteiger partial charge in [0, 0.05) is 0 Å². The smallest absolute Gasteiger partial charge is 0.0722 e. The molecule has 1 aliphatic rings. The van der Waals surface area contributed by atoms with Crippen molar-refractivity contribution in [1.82, 2.24) is 0 Å². The van der Waals surface area contributed by atoms with Crippen LogP contribution >= 0.6 is 0 Å². The third kappa shape index (κ3) is 3.12. The molecule has 0 heterocycles. The lowest BCUT2D eigenvalue weighted by Crippen LogP contribution is -2.22. The maximum absolute atomic E-state index is 5.94. The van der Waals surface area contributed by atoms with Gasteiger partial charge in [0.05, 0.1) is 13.2 Å². The Balaban J connectivity index is 1.85. The fraction of sp³-hybridized carbons (Fsp3) is 0.625. The van der Waals surface area contributed by atoms with Crippen LogP contribution in [0.15, 0.2) is 18.2 Å². The molecule has 2 atom stereocenters. The highest BCUT2D eigenvalue weighted by molar-refractivity contribution is 5.32. The second kappa shape index (κ2) is 6.35. The predicted molar refractivity (Wildman–Crippen MR) is 75.5 cm³/mol. The predicted octanol–water partition coefficient (Wildman–Crippen LogP) is 3.20. The number of benzene rings is 1. The Morgan fingerprint density at radius 1 is 1.17 bits per heavy atom. The molecule has 1 aliphatic carbocycles. The number of rotatable bonds is 5. The van der Waals surface area contributed by atoms with E-state index in [1.807, 2.05) is 0 Å². The van der Waals surface area contributed by atoms with Gasteiger partial charge >= 0.3 is 0 Å². The van der Waals surface area contributed by atoms with Gasteiger partial charge in [-0.2, -0.15) is 0 Å². The normalized spacial score (nSPS) is 23.5. The molecule has 1 saturated carbocycles. The molecule has 100 valence electrons. The Morgan fingerprint density at radius 3 is 2.50 bits per heavy atom. The Hall–Kier alpha value is -0.860. The molecule has 0 aromatic heterocycles. The maximum atomic E-state index is 5.94. The van der Waals surface area contributed by atoms with Crippen molar-refractivity contribution in [2.75, 3.05) is 13.2 Å². The van der Waals surface area contributed by atoms with Crippen molar-refractivity contribution in [3.8, 4) is 0 Å². The fourth-order valence-corrected chi connectivity index (χ4v) is 3.03. The summed E-state index contributed by atoms with van der Waals surface area (Å²) in [4.78, 5) is 0. The van der Waals surface area contributed by atoms with Crippen molar-refractivity contribution in [1.29, 1.82) is 0 Å². The van der Waals surface area contributed by atoms with Crippen LogP contribution in [0.1, 0.15) is 36.0 Å².